The predicted octanol–water partition coefficient (Wildman–Crippen LogP) is 3.20. The molecule has 2 rings (SSSR count). The van der Waals surface area contributed by atoms with Crippen LogP contribution in [0, 0.1) is 11.3 Å². The predicted molar refractivity (Wildman–Crippen MR) is 76.3 cm³/mol. The van der Waals surface area contributed by atoms with Crippen molar-refractivity contribution in [2.75, 3.05) is 19.1 Å². The summed E-state index contributed by atoms with van der Waals surface area (Å²) in [6.45, 7) is 0.697. The summed E-state index contributed by atoms with van der Waals surface area (Å²) in [6, 6.07) is 17.7. The second-order valence-electron chi connectivity index (χ2n) is 4.30. The van der Waals surface area contributed by atoms with Gasteiger partial charge in [-0.2, -0.15) is 5.26 Å². The molecule has 96 valence electrons. The molecule has 3 nitrogen and oxygen atoms in total. The van der Waals surface area contributed by atoms with Crippen LogP contribution in [0.25, 0.3) is 0 Å². The molecule has 0 radical (unpaired) electrons. The van der Waals surface area contributed by atoms with E-state index in [1.54, 1.807) is 7.11 Å². The van der Waals surface area contributed by atoms with Gasteiger partial charge < -0.3 is 9.64 Å². The summed E-state index contributed by atoms with van der Waals surface area (Å²) in [5.41, 5.74) is 2.70. The van der Waals surface area contributed by atoms with Gasteiger partial charge in [0.05, 0.1) is 18.4 Å². The number of hydrogen-bond acceptors (Lipinski definition) is 3. The van der Waals surface area contributed by atoms with E-state index in [-0.39, 0.29) is 0 Å². The maximum atomic E-state index is 9.13. The zero-order chi connectivity index (χ0) is 13.7. The van der Waals surface area contributed by atoms with Crippen molar-refractivity contribution in [3.63, 3.8) is 0 Å². The van der Waals surface area contributed by atoms with Crippen LogP contribution < -0.4 is 9.64 Å². The molecule has 0 aliphatic carbocycles. The first-order valence-corrected chi connectivity index (χ1v) is 6.08. The molecule has 0 aromatic heterocycles. The van der Waals surface area contributed by atoms with Gasteiger partial charge in [0.2, 0.25) is 0 Å². The minimum Gasteiger partial charge on any atom is -0.496 e. The van der Waals surface area contributed by atoms with Crippen LogP contribution in [-0.2, 0) is 6.54 Å². The highest BCUT2D eigenvalue weighted by Gasteiger charge is 2.09. The molecule has 19 heavy (non-hydrogen) atoms. The Morgan fingerprint density at radius 3 is 2.53 bits per heavy atom. The SMILES string of the molecule is COc1ccccc1CN(C)c1ccccc1C#N. The summed E-state index contributed by atoms with van der Waals surface area (Å²) < 4.78 is 5.35. The van der Waals surface area contributed by atoms with Gasteiger partial charge in [0.25, 0.3) is 0 Å². The van der Waals surface area contributed by atoms with Gasteiger partial charge in [0, 0.05) is 19.2 Å². The first-order chi connectivity index (χ1) is 9.26. The normalized spacial score (nSPS) is 9.74. The number of methoxy groups -OCH3 is 1. The van der Waals surface area contributed by atoms with Crippen LogP contribution in [0.5, 0.6) is 5.75 Å². The molecule has 0 heterocycles. The molecular formula is C16H16N2O. The lowest BCUT2D eigenvalue weighted by Gasteiger charge is -2.21. The Morgan fingerprint density at radius 2 is 1.79 bits per heavy atom. The third kappa shape index (κ3) is 2.86. The Labute approximate surface area is 113 Å². The largest absolute Gasteiger partial charge is 0.496 e. The van der Waals surface area contributed by atoms with Gasteiger partial charge in [0.1, 0.15) is 11.8 Å². The fourth-order valence-electron chi connectivity index (χ4n) is 2.08. The van der Waals surface area contributed by atoms with Crippen LogP contribution in [0.2, 0.25) is 0 Å². The number of anilines is 1. The topological polar surface area (TPSA) is 36.3 Å². The third-order valence-electron chi connectivity index (χ3n) is 3.04. The van der Waals surface area contributed by atoms with E-state index in [4.69, 9.17) is 10.00 Å². The van der Waals surface area contributed by atoms with Crippen molar-refractivity contribution in [1.29, 1.82) is 5.26 Å². The standard InChI is InChI=1S/C16H16N2O/c1-18(15-9-5-3-7-13(15)11-17)12-14-8-4-6-10-16(14)19-2/h3-10H,12H2,1-2H3. The average Bonchev–Trinajstić information content (AvgIpc) is 2.47. The van der Waals surface area contributed by atoms with E-state index in [0.29, 0.717) is 12.1 Å². The Hall–Kier alpha value is -2.47. The van der Waals surface area contributed by atoms with Crippen molar-refractivity contribution < 1.29 is 4.74 Å². The van der Waals surface area contributed by atoms with Gasteiger partial charge >= 0.3 is 0 Å². The number of ether oxygens (including phenoxy) is 1. The summed E-state index contributed by atoms with van der Waals surface area (Å²) in [5, 5.41) is 9.13. The lowest BCUT2D eigenvalue weighted by atomic mass is 10.1. The van der Waals surface area contributed by atoms with E-state index in [9.17, 15) is 0 Å². The van der Waals surface area contributed by atoms with Crippen LogP contribution in [0.15, 0.2) is 48.5 Å². The molecule has 3 heteroatoms. The first kappa shape index (κ1) is 13.0. The summed E-state index contributed by atoms with van der Waals surface area (Å²) >= 11 is 0. The molecule has 0 atom stereocenters. The van der Waals surface area contributed by atoms with Crippen molar-refractivity contribution in [3.05, 3.63) is 59.7 Å². The second-order valence-corrected chi connectivity index (χ2v) is 4.30. The minimum absolute atomic E-state index is 0.680. The molecule has 0 aliphatic rings. The number of para-hydroxylation sites is 2. The van der Waals surface area contributed by atoms with Crippen LogP contribution >= 0.6 is 0 Å². The molecular weight excluding hydrogens is 236 g/mol. The zero-order valence-corrected chi connectivity index (χ0v) is 11.1. The molecule has 0 bridgehead atoms. The fourth-order valence-corrected chi connectivity index (χ4v) is 2.08. The van der Waals surface area contributed by atoms with Crippen molar-refractivity contribution in [3.8, 4) is 11.8 Å². The molecule has 0 unspecified atom stereocenters. The smallest absolute Gasteiger partial charge is 0.123 e. The Balaban J connectivity index is 2.26. The van der Waals surface area contributed by atoms with Gasteiger partial charge in [-0.25, -0.2) is 0 Å². The molecule has 2 aromatic carbocycles. The van der Waals surface area contributed by atoms with Crippen LogP contribution in [-0.4, -0.2) is 14.2 Å². The summed E-state index contributed by atoms with van der Waals surface area (Å²) in [4.78, 5) is 2.05. The van der Waals surface area contributed by atoms with Crippen molar-refractivity contribution in [2.24, 2.45) is 0 Å². The maximum absolute atomic E-state index is 9.13. The lowest BCUT2D eigenvalue weighted by molar-refractivity contribution is 0.409. The van der Waals surface area contributed by atoms with E-state index in [1.165, 1.54) is 0 Å². The molecule has 2 aromatic rings. The third-order valence-corrected chi connectivity index (χ3v) is 3.04. The first-order valence-electron chi connectivity index (χ1n) is 6.08. The number of nitriles is 1. The number of hydrogen-bond donors (Lipinski definition) is 0. The lowest BCUT2D eigenvalue weighted by Crippen LogP contribution is -2.17. The molecule has 0 aliphatic heterocycles. The van der Waals surface area contributed by atoms with Gasteiger partial charge in [0.15, 0.2) is 0 Å². The molecule has 0 spiro atoms. The fraction of sp³-hybridized carbons (Fsp3) is 0.188. The Morgan fingerprint density at radius 1 is 1.11 bits per heavy atom. The van der Waals surface area contributed by atoms with E-state index in [0.717, 1.165) is 17.0 Å². The Bertz CT molecular complexity index is 602. The summed E-state index contributed by atoms with van der Waals surface area (Å²) in [7, 11) is 3.64. The maximum Gasteiger partial charge on any atom is 0.123 e. The monoisotopic (exact) mass is 252 g/mol. The average molecular weight is 252 g/mol. The molecule has 0 fully saturated rings. The second kappa shape index (κ2) is 5.92. The highest BCUT2D eigenvalue weighted by molar-refractivity contribution is 5.59. The quantitative estimate of drug-likeness (QED) is 0.838. The molecule has 0 saturated carbocycles. The van der Waals surface area contributed by atoms with E-state index in [2.05, 4.69) is 11.0 Å². The molecule has 0 amide bonds. The Kier molecular flexibility index (Phi) is 4.04. The van der Waals surface area contributed by atoms with E-state index < -0.39 is 0 Å². The van der Waals surface area contributed by atoms with Gasteiger partial charge in [-0.15, -0.1) is 0 Å². The van der Waals surface area contributed by atoms with Crippen LogP contribution in [0.4, 0.5) is 5.69 Å². The number of rotatable bonds is 4. The molecule has 0 saturated heterocycles. The van der Waals surface area contributed by atoms with E-state index in [1.807, 2.05) is 55.6 Å². The van der Waals surface area contributed by atoms with Gasteiger partial charge in [-0.05, 0) is 18.2 Å². The van der Waals surface area contributed by atoms with E-state index >= 15 is 0 Å². The van der Waals surface area contributed by atoms with Crippen LogP contribution in [0.1, 0.15) is 11.1 Å². The highest BCUT2D eigenvalue weighted by Crippen LogP contribution is 2.24. The number of nitrogens with zero attached hydrogens (tertiary/aromatic N) is 2. The minimum atomic E-state index is 0.680. The van der Waals surface area contributed by atoms with Crippen molar-refractivity contribution in [1.82, 2.24) is 0 Å². The van der Waals surface area contributed by atoms with Crippen molar-refractivity contribution in [2.45, 2.75) is 6.54 Å². The highest BCUT2D eigenvalue weighted by atomic mass is 16.5. The summed E-state index contributed by atoms with van der Waals surface area (Å²) in [6.07, 6.45) is 0. The van der Waals surface area contributed by atoms with Crippen molar-refractivity contribution >= 4 is 5.69 Å². The zero-order valence-electron chi connectivity index (χ0n) is 11.1. The number of benzene rings is 2. The van der Waals surface area contributed by atoms with Gasteiger partial charge in [-0.1, -0.05) is 30.3 Å². The van der Waals surface area contributed by atoms with Gasteiger partial charge in [-0.3, -0.25) is 0 Å². The van der Waals surface area contributed by atoms with Crippen LogP contribution in [0.3, 0.4) is 0 Å². The summed E-state index contributed by atoms with van der Waals surface area (Å²) in [5.74, 6) is 0.865. The molecule has 0 N–H and O–H groups in total.